The maximum absolute atomic E-state index is 6.27. The molecule has 2 aromatic heterocycles. The maximum atomic E-state index is 6.27. The molecular formula is C49H31N3O. The number of benzene rings is 8. The van der Waals surface area contributed by atoms with Crippen molar-refractivity contribution in [3.8, 4) is 67.5 Å². The Morgan fingerprint density at radius 2 is 0.698 bits per heavy atom. The predicted octanol–water partition coefficient (Wildman–Crippen LogP) is 12.9. The Labute approximate surface area is 306 Å². The number of hydrogen-bond acceptors (Lipinski definition) is 4. The van der Waals surface area contributed by atoms with Crippen molar-refractivity contribution >= 4 is 32.7 Å². The molecule has 0 aliphatic rings. The molecule has 0 aliphatic carbocycles. The van der Waals surface area contributed by atoms with E-state index in [0.29, 0.717) is 17.5 Å². The third-order valence-corrected chi connectivity index (χ3v) is 9.99. The van der Waals surface area contributed by atoms with E-state index in [-0.39, 0.29) is 0 Å². The van der Waals surface area contributed by atoms with E-state index >= 15 is 0 Å². The van der Waals surface area contributed by atoms with Crippen LogP contribution in [0.3, 0.4) is 0 Å². The second-order valence-corrected chi connectivity index (χ2v) is 13.2. The molecule has 10 aromatic rings. The zero-order valence-corrected chi connectivity index (χ0v) is 28.6. The van der Waals surface area contributed by atoms with Crippen LogP contribution < -0.4 is 0 Å². The summed E-state index contributed by atoms with van der Waals surface area (Å²) in [6.45, 7) is 0. The van der Waals surface area contributed by atoms with Gasteiger partial charge in [0.25, 0.3) is 0 Å². The van der Waals surface area contributed by atoms with Gasteiger partial charge >= 0.3 is 0 Å². The Hall–Kier alpha value is -7.17. The molecule has 0 N–H and O–H groups in total. The molecule has 0 spiro atoms. The first-order valence-corrected chi connectivity index (χ1v) is 17.8. The van der Waals surface area contributed by atoms with E-state index in [2.05, 4.69) is 158 Å². The third kappa shape index (κ3) is 5.54. The summed E-state index contributed by atoms with van der Waals surface area (Å²) in [4.78, 5) is 15.4. The highest BCUT2D eigenvalue weighted by Crippen LogP contribution is 2.41. The lowest BCUT2D eigenvalue weighted by Crippen LogP contribution is -2.01. The fraction of sp³-hybridized carbons (Fsp3) is 0. The molecule has 248 valence electrons. The van der Waals surface area contributed by atoms with Crippen molar-refractivity contribution in [3.05, 3.63) is 188 Å². The third-order valence-electron chi connectivity index (χ3n) is 9.99. The number of furan rings is 1. The van der Waals surface area contributed by atoms with Gasteiger partial charge in [-0.05, 0) is 62.4 Å². The molecule has 0 bridgehead atoms. The van der Waals surface area contributed by atoms with E-state index < -0.39 is 0 Å². The van der Waals surface area contributed by atoms with Gasteiger partial charge in [0.05, 0.1) is 0 Å². The predicted molar refractivity (Wildman–Crippen MR) is 217 cm³/mol. The molecular weight excluding hydrogens is 647 g/mol. The largest absolute Gasteiger partial charge is 0.456 e. The molecule has 0 saturated carbocycles. The first-order chi connectivity index (χ1) is 26.3. The lowest BCUT2D eigenvalue weighted by atomic mass is 9.92. The number of nitrogens with zero attached hydrogens (tertiary/aromatic N) is 3. The van der Waals surface area contributed by atoms with E-state index in [0.717, 1.165) is 71.7 Å². The Kier molecular flexibility index (Phi) is 7.43. The highest BCUT2D eigenvalue weighted by atomic mass is 16.3. The summed E-state index contributed by atoms with van der Waals surface area (Å²) in [6.07, 6.45) is 0. The van der Waals surface area contributed by atoms with Crippen molar-refractivity contribution in [3.63, 3.8) is 0 Å². The number of fused-ring (bicyclic) bond motifs is 4. The summed E-state index contributed by atoms with van der Waals surface area (Å²) in [5.41, 5.74) is 11.4. The summed E-state index contributed by atoms with van der Waals surface area (Å²) in [5, 5.41) is 4.40. The van der Waals surface area contributed by atoms with Gasteiger partial charge in [0, 0.05) is 27.5 Å². The topological polar surface area (TPSA) is 51.8 Å². The molecule has 0 atom stereocenters. The normalized spacial score (nSPS) is 11.4. The summed E-state index contributed by atoms with van der Waals surface area (Å²) in [5.74, 6) is 1.87. The standard InChI is InChI=1S/C49H31N3O/c1-3-12-32(13-4-1)34-22-26-36(27-23-34)47-50-48(37-28-24-35(25-29-37)33-14-5-2-6-15-33)52-49(51-47)42-31-30-40(38-16-7-8-17-39(38)42)41-19-11-21-45-46(41)43-18-9-10-20-44(43)53-45/h1-31H. The van der Waals surface area contributed by atoms with E-state index in [1.807, 2.05) is 30.3 Å². The minimum atomic E-state index is 0.624. The molecule has 4 heteroatoms. The van der Waals surface area contributed by atoms with Gasteiger partial charge in [-0.15, -0.1) is 0 Å². The van der Waals surface area contributed by atoms with Crippen LogP contribution in [0.2, 0.25) is 0 Å². The Morgan fingerprint density at radius 3 is 1.30 bits per heavy atom. The van der Waals surface area contributed by atoms with Crippen LogP contribution in [0.1, 0.15) is 0 Å². The molecule has 8 aromatic carbocycles. The smallest absolute Gasteiger partial charge is 0.164 e. The lowest BCUT2D eigenvalue weighted by Gasteiger charge is -2.14. The zero-order chi connectivity index (χ0) is 35.1. The molecule has 10 rings (SSSR count). The molecule has 0 aliphatic heterocycles. The average molecular weight is 678 g/mol. The fourth-order valence-electron chi connectivity index (χ4n) is 7.37. The van der Waals surface area contributed by atoms with Gasteiger partial charge in [0.1, 0.15) is 11.2 Å². The van der Waals surface area contributed by atoms with Crippen molar-refractivity contribution in [1.82, 2.24) is 15.0 Å². The zero-order valence-electron chi connectivity index (χ0n) is 28.6. The Bertz CT molecular complexity index is 2810. The monoisotopic (exact) mass is 677 g/mol. The van der Waals surface area contributed by atoms with Crippen LogP contribution in [0.25, 0.3) is 100 Å². The molecule has 53 heavy (non-hydrogen) atoms. The Morgan fingerprint density at radius 1 is 0.264 bits per heavy atom. The van der Waals surface area contributed by atoms with Gasteiger partial charge in [-0.25, -0.2) is 15.0 Å². The maximum Gasteiger partial charge on any atom is 0.164 e. The SMILES string of the molecule is c1ccc(-c2ccc(-c3nc(-c4ccc(-c5ccccc5)cc4)nc(-c4ccc(-c5cccc6oc7ccccc7c56)c5ccccc45)n3)cc2)cc1. The average Bonchev–Trinajstić information content (AvgIpc) is 3.63. The van der Waals surface area contributed by atoms with E-state index in [4.69, 9.17) is 19.4 Å². The van der Waals surface area contributed by atoms with Crippen LogP contribution in [-0.2, 0) is 0 Å². The van der Waals surface area contributed by atoms with Crippen LogP contribution in [0.15, 0.2) is 192 Å². The Balaban J connectivity index is 1.14. The van der Waals surface area contributed by atoms with Crippen molar-refractivity contribution < 1.29 is 4.42 Å². The van der Waals surface area contributed by atoms with Crippen LogP contribution in [0.4, 0.5) is 0 Å². The van der Waals surface area contributed by atoms with Crippen LogP contribution >= 0.6 is 0 Å². The number of aromatic nitrogens is 3. The van der Waals surface area contributed by atoms with Crippen molar-refractivity contribution in [1.29, 1.82) is 0 Å². The summed E-state index contributed by atoms with van der Waals surface area (Å²) >= 11 is 0. The highest BCUT2D eigenvalue weighted by Gasteiger charge is 2.19. The van der Waals surface area contributed by atoms with Gasteiger partial charge < -0.3 is 4.42 Å². The molecule has 0 fully saturated rings. The van der Waals surface area contributed by atoms with Gasteiger partial charge in [0.2, 0.25) is 0 Å². The molecule has 0 radical (unpaired) electrons. The minimum Gasteiger partial charge on any atom is -0.456 e. The van der Waals surface area contributed by atoms with Gasteiger partial charge in [0.15, 0.2) is 17.5 Å². The van der Waals surface area contributed by atoms with Gasteiger partial charge in [-0.2, -0.15) is 0 Å². The summed E-state index contributed by atoms with van der Waals surface area (Å²) in [7, 11) is 0. The first-order valence-electron chi connectivity index (χ1n) is 17.8. The molecule has 0 amide bonds. The molecule has 2 heterocycles. The first kappa shape index (κ1) is 30.6. The quantitative estimate of drug-likeness (QED) is 0.176. The summed E-state index contributed by atoms with van der Waals surface area (Å²) < 4.78 is 6.27. The lowest BCUT2D eigenvalue weighted by molar-refractivity contribution is 0.669. The van der Waals surface area contributed by atoms with E-state index in [9.17, 15) is 0 Å². The fourth-order valence-corrected chi connectivity index (χ4v) is 7.37. The van der Waals surface area contributed by atoms with Crippen LogP contribution in [0, 0.1) is 0 Å². The van der Waals surface area contributed by atoms with Crippen molar-refractivity contribution in [2.24, 2.45) is 0 Å². The number of rotatable bonds is 6. The van der Waals surface area contributed by atoms with Gasteiger partial charge in [-0.3, -0.25) is 0 Å². The van der Waals surface area contributed by atoms with Crippen LogP contribution in [-0.4, -0.2) is 15.0 Å². The highest BCUT2D eigenvalue weighted by molar-refractivity contribution is 6.16. The van der Waals surface area contributed by atoms with Gasteiger partial charge in [-0.1, -0.05) is 170 Å². The summed E-state index contributed by atoms with van der Waals surface area (Å²) in [6, 6.07) is 65.1. The second-order valence-electron chi connectivity index (χ2n) is 13.2. The van der Waals surface area contributed by atoms with Crippen molar-refractivity contribution in [2.75, 3.05) is 0 Å². The van der Waals surface area contributed by atoms with Crippen LogP contribution in [0.5, 0.6) is 0 Å². The number of para-hydroxylation sites is 1. The van der Waals surface area contributed by atoms with Crippen molar-refractivity contribution in [2.45, 2.75) is 0 Å². The molecule has 0 saturated heterocycles. The minimum absolute atomic E-state index is 0.624. The second kappa shape index (κ2) is 12.9. The molecule has 0 unspecified atom stereocenters. The molecule has 4 nitrogen and oxygen atoms in total. The van der Waals surface area contributed by atoms with E-state index in [1.54, 1.807) is 0 Å². The van der Waals surface area contributed by atoms with E-state index in [1.165, 1.54) is 11.1 Å². The number of hydrogen-bond donors (Lipinski definition) is 0.